The van der Waals surface area contributed by atoms with E-state index in [1.807, 2.05) is 30.3 Å². The van der Waals surface area contributed by atoms with E-state index < -0.39 is 17.5 Å². The van der Waals surface area contributed by atoms with Crippen LogP contribution in [0.5, 0.6) is 11.5 Å². The van der Waals surface area contributed by atoms with Gasteiger partial charge >= 0.3 is 6.03 Å². The van der Waals surface area contributed by atoms with Crippen LogP contribution in [0.2, 0.25) is 0 Å². The zero-order chi connectivity index (χ0) is 24.0. The summed E-state index contributed by atoms with van der Waals surface area (Å²) in [6.07, 6.45) is 0.637. The van der Waals surface area contributed by atoms with Crippen molar-refractivity contribution in [3.05, 3.63) is 59.4 Å². The second kappa shape index (κ2) is 8.09. The molecule has 0 spiro atoms. The first-order valence-electron chi connectivity index (χ1n) is 11.0. The van der Waals surface area contributed by atoms with Gasteiger partial charge in [-0.15, -0.1) is 0 Å². The summed E-state index contributed by atoms with van der Waals surface area (Å²) in [7, 11) is 3.15. The van der Waals surface area contributed by atoms with Gasteiger partial charge in [-0.1, -0.05) is 18.2 Å². The number of methoxy groups -OCH3 is 2. The molecule has 1 N–H and O–H groups in total. The molecule has 1 aromatic heterocycles. The van der Waals surface area contributed by atoms with Gasteiger partial charge in [-0.3, -0.25) is 14.5 Å². The van der Waals surface area contributed by atoms with Crippen LogP contribution in [-0.4, -0.2) is 55.0 Å². The third kappa shape index (κ3) is 3.44. The third-order valence-corrected chi connectivity index (χ3v) is 6.56. The number of nitrogens with one attached hydrogen (secondary N) is 1. The quantitative estimate of drug-likeness (QED) is 0.584. The monoisotopic (exact) mass is 463 g/mol. The predicted octanol–water partition coefficient (Wildman–Crippen LogP) is 2.80. The number of hydrogen-bond acceptors (Lipinski definition) is 6. The molecule has 1 saturated heterocycles. The molecule has 2 aliphatic heterocycles. The van der Waals surface area contributed by atoms with Crippen LogP contribution in [-0.2, 0) is 28.1 Å². The molecule has 1 atom stereocenters. The topological polar surface area (TPSA) is 101 Å². The number of para-hydroxylation sites is 1. The minimum atomic E-state index is -1.38. The number of benzene rings is 2. The van der Waals surface area contributed by atoms with E-state index in [1.54, 1.807) is 38.2 Å². The third-order valence-electron chi connectivity index (χ3n) is 6.56. The highest BCUT2D eigenvalue weighted by Crippen LogP contribution is 2.35. The van der Waals surface area contributed by atoms with Crippen molar-refractivity contribution in [2.24, 2.45) is 0 Å². The molecular weight excluding hydrogens is 438 g/mol. The van der Waals surface area contributed by atoms with Crippen LogP contribution >= 0.6 is 0 Å². The number of urea groups is 1. The van der Waals surface area contributed by atoms with Gasteiger partial charge in [0.1, 0.15) is 17.9 Å². The molecular formula is C25H25N3O6. The van der Waals surface area contributed by atoms with Crippen molar-refractivity contribution >= 4 is 28.8 Å². The van der Waals surface area contributed by atoms with Gasteiger partial charge in [-0.25, -0.2) is 4.79 Å². The van der Waals surface area contributed by atoms with E-state index >= 15 is 0 Å². The number of rotatable bonds is 5. The molecule has 0 aliphatic carbocycles. The largest absolute Gasteiger partial charge is 0.493 e. The Kier molecular flexibility index (Phi) is 5.19. The maximum atomic E-state index is 13.3. The molecule has 34 heavy (non-hydrogen) atoms. The van der Waals surface area contributed by atoms with Gasteiger partial charge in [-0.05, 0) is 48.7 Å². The Labute approximate surface area is 196 Å². The zero-order valence-electron chi connectivity index (χ0n) is 19.2. The van der Waals surface area contributed by atoms with Crippen molar-refractivity contribution in [1.29, 1.82) is 0 Å². The van der Waals surface area contributed by atoms with Crippen molar-refractivity contribution in [2.45, 2.75) is 25.4 Å². The van der Waals surface area contributed by atoms with E-state index in [4.69, 9.17) is 13.9 Å². The minimum Gasteiger partial charge on any atom is -0.493 e. The van der Waals surface area contributed by atoms with Gasteiger partial charge < -0.3 is 24.1 Å². The van der Waals surface area contributed by atoms with Crippen molar-refractivity contribution < 1.29 is 28.3 Å². The van der Waals surface area contributed by atoms with E-state index in [-0.39, 0.29) is 12.5 Å². The van der Waals surface area contributed by atoms with Crippen LogP contribution in [0, 0.1) is 0 Å². The first-order chi connectivity index (χ1) is 16.3. The molecule has 9 heteroatoms. The molecule has 1 fully saturated rings. The van der Waals surface area contributed by atoms with Crippen LogP contribution in [0.4, 0.5) is 4.79 Å². The minimum absolute atomic E-state index is 0.308. The van der Waals surface area contributed by atoms with Crippen molar-refractivity contribution in [2.75, 3.05) is 27.3 Å². The second-order valence-electron chi connectivity index (χ2n) is 8.64. The van der Waals surface area contributed by atoms with Crippen molar-refractivity contribution in [3.8, 4) is 11.5 Å². The number of amides is 4. The number of fused-ring (bicyclic) bond motifs is 2. The molecule has 4 amide bonds. The molecule has 3 aromatic rings. The Hall–Kier alpha value is -4.01. The fraction of sp³-hybridized carbons (Fsp3) is 0.320. The molecule has 176 valence electrons. The van der Waals surface area contributed by atoms with E-state index in [2.05, 4.69) is 5.32 Å². The Morgan fingerprint density at radius 1 is 1.09 bits per heavy atom. The average Bonchev–Trinajstić information content (AvgIpc) is 3.38. The van der Waals surface area contributed by atoms with Crippen LogP contribution in [0.3, 0.4) is 0 Å². The van der Waals surface area contributed by atoms with Crippen LogP contribution < -0.4 is 14.8 Å². The molecule has 0 bridgehead atoms. The SMILES string of the molecule is COc1cc2c(cc1OC)CN(C(=O)CN1C(=O)NC(C)(c3cc4ccccc4o3)C1=O)CC2. The highest BCUT2D eigenvalue weighted by atomic mass is 16.5. The molecule has 2 aromatic carbocycles. The predicted molar refractivity (Wildman–Crippen MR) is 122 cm³/mol. The van der Waals surface area contributed by atoms with Crippen LogP contribution in [0.1, 0.15) is 23.8 Å². The number of carbonyl (C=O) groups excluding carboxylic acids is 3. The van der Waals surface area contributed by atoms with E-state index in [0.717, 1.165) is 21.4 Å². The number of hydrogen-bond donors (Lipinski definition) is 1. The van der Waals surface area contributed by atoms with Gasteiger partial charge in [0.25, 0.3) is 5.91 Å². The summed E-state index contributed by atoms with van der Waals surface area (Å²) in [6, 6.07) is 12.3. The lowest BCUT2D eigenvalue weighted by molar-refractivity contribution is -0.139. The maximum absolute atomic E-state index is 13.3. The van der Waals surface area contributed by atoms with Crippen LogP contribution in [0.25, 0.3) is 11.0 Å². The molecule has 0 radical (unpaired) electrons. The molecule has 3 heterocycles. The highest BCUT2D eigenvalue weighted by molar-refractivity contribution is 6.09. The van der Waals surface area contributed by atoms with E-state index in [1.165, 1.54) is 0 Å². The van der Waals surface area contributed by atoms with E-state index in [9.17, 15) is 14.4 Å². The van der Waals surface area contributed by atoms with Gasteiger partial charge in [-0.2, -0.15) is 0 Å². The highest BCUT2D eigenvalue weighted by Gasteiger charge is 2.52. The molecule has 2 aliphatic rings. The fourth-order valence-corrected chi connectivity index (χ4v) is 4.57. The average molecular weight is 463 g/mol. The first-order valence-corrected chi connectivity index (χ1v) is 11.0. The number of imide groups is 1. The van der Waals surface area contributed by atoms with Crippen LogP contribution in [0.15, 0.2) is 46.9 Å². The summed E-state index contributed by atoms with van der Waals surface area (Å²) in [5, 5.41) is 3.53. The normalized spacial score (nSPS) is 19.9. The summed E-state index contributed by atoms with van der Waals surface area (Å²) in [5.74, 6) is 0.734. The zero-order valence-corrected chi connectivity index (χ0v) is 19.2. The molecule has 0 saturated carbocycles. The summed E-state index contributed by atoms with van der Waals surface area (Å²) >= 11 is 0. The number of ether oxygens (including phenoxy) is 2. The Balaban J connectivity index is 1.33. The number of nitrogens with zero attached hydrogens (tertiary/aromatic N) is 2. The summed E-state index contributed by atoms with van der Waals surface area (Å²) < 4.78 is 16.6. The lowest BCUT2D eigenvalue weighted by Crippen LogP contribution is -2.45. The van der Waals surface area contributed by atoms with E-state index in [0.29, 0.717) is 42.4 Å². The van der Waals surface area contributed by atoms with Gasteiger partial charge in [0, 0.05) is 18.5 Å². The molecule has 9 nitrogen and oxygen atoms in total. The van der Waals surface area contributed by atoms with Crippen molar-refractivity contribution in [1.82, 2.24) is 15.1 Å². The Bertz CT molecular complexity index is 1280. The molecule has 1 unspecified atom stereocenters. The summed E-state index contributed by atoms with van der Waals surface area (Å²) in [5.41, 5.74) is 1.26. The Morgan fingerprint density at radius 2 is 1.79 bits per heavy atom. The number of furan rings is 1. The second-order valence-corrected chi connectivity index (χ2v) is 8.64. The van der Waals surface area contributed by atoms with Gasteiger partial charge in [0.15, 0.2) is 17.0 Å². The number of carbonyl (C=O) groups is 3. The Morgan fingerprint density at radius 3 is 2.50 bits per heavy atom. The standard InChI is InChI=1S/C25H25N3O6/c1-25(21-12-16-6-4-5-7-18(16)34-21)23(30)28(24(31)26-25)14-22(29)27-9-8-15-10-19(32-2)20(33-3)11-17(15)13-27/h4-7,10-12H,8-9,13-14H2,1-3H3,(H,26,31). The summed E-state index contributed by atoms with van der Waals surface area (Å²) in [4.78, 5) is 41.7. The lowest BCUT2D eigenvalue weighted by Gasteiger charge is -2.30. The van der Waals surface area contributed by atoms with Gasteiger partial charge in [0.2, 0.25) is 5.91 Å². The first kappa shape index (κ1) is 21.8. The van der Waals surface area contributed by atoms with Crippen molar-refractivity contribution in [3.63, 3.8) is 0 Å². The fourth-order valence-electron chi connectivity index (χ4n) is 4.57. The molecule has 5 rings (SSSR count). The smallest absolute Gasteiger partial charge is 0.325 e. The summed E-state index contributed by atoms with van der Waals surface area (Å²) in [6.45, 7) is 2.08. The van der Waals surface area contributed by atoms with Gasteiger partial charge in [0.05, 0.1) is 14.2 Å². The maximum Gasteiger partial charge on any atom is 0.325 e. The lowest BCUT2D eigenvalue weighted by atomic mass is 9.98.